The molecule has 7 heteroatoms. The first-order valence-electron chi connectivity index (χ1n) is 8.65. The third-order valence-electron chi connectivity index (χ3n) is 5.38. The van der Waals surface area contributed by atoms with E-state index in [4.69, 9.17) is 0 Å². The highest BCUT2D eigenvalue weighted by molar-refractivity contribution is 5.97. The van der Waals surface area contributed by atoms with Gasteiger partial charge in [0, 0.05) is 11.6 Å². The van der Waals surface area contributed by atoms with Gasteiger partial charge in [0.15, 0.2) is 0 Å². The molecule has 3 atom stereocenters. The lowest BCUT2D eigenvalue weighted by Gasteiger charge is -2.33. The predicted molar refractivity (Wildman–Crippen MR) is 89.3 cm³/mol. The zero-order valence-corrected chi connectivity index (χ0v) is 13.8. The molecular weight excluding hydrogens is 320 g/mol. The molecule has 2 aliphatic rings. The number of aliphatic carboxylic acids is 1. The SMILES string of the molecule is O=C(O)C1CC2CCCCC2N1C(=O)c1cccc(-n2cncn2)c1. The molecule has 1 N–H and O–H groups in total. The fraction of sp³-hybridized carbons (Fsp3) is 0.444. The summed E-state index contributed by atoms with van der Waals surface area (Å²) in [5.41, 5.74) is 1.22. The molecule has 25 heavy (non-hydrogen) atoms. The van der Waals surface area contributed by atoms with Crippen molar-refractivity contribution in [2.45, 2.75) is 44.2 Å². The summed E-state index contributed by atoms with van der Waals surface area (Å²) in [6.07, 6.45) is 7.64. The fourth-order valence-corrected chi connectivity index (χ4v) is 4.24. The number of amides is 1. The predicted octanol–water partition coefficient (Wildman–Crippen LogP) is 2.13. The van der Waals surface area contributed by atoms with Crippen molar-refractivity contribution in [2.24, 2.45) is 5.92 Å². The van der Waals surface area contributed by atoms with Gasteiger partial charge in [0.1, 0.15) is 18.7 Å². The maximum atomic E-state index is 13.2. The van der Waals surface area contributed by atoms with Crippen LogP contribution in [0.5, 0.6) is 0 Å². The van der Waals surface area contributed by atoms with Gasteiger partial charge in [0.05, 0.1) is 5.69 Å². The van der Waals surface area contributed by atoms with Crippen LogP contribution in [-0.2, 0) is 4.79 Å². The average molecular weight is 340 g/mol. The van der Waals surface area contributed by atoms with Crippen molar-refractivity contribution in [2.75, 3.05) is 0 Å². The highest BCUT2D eigenvalue weighted by Gasteiger charge is 2.47. The Kier molecular flexibility index (Phi) is 3.99. The molecule has 2 heterocycles. The maximum absolute atomic E-state index is 13.2. The summed E-state index contributed by atoms with van der Waals surface area (Å²) in [7, 11) is 0. The van der Waals surface area contributed by atoms with Crippen molar-refractivity contribution < 1.29 is 14.7 Å². The van der Waals surface area contributed by atoms with Gasteiger partial charge in [0.25, 0.3) is 5.91 Å². The third kappa shape index (κ3) is 2.79. The molecule has 1 amide bonds. The third-order valence-corrected chi connectivity index (χ3v) is 5.38. The Bertz CT molecular complexity index is 789. The lowest BCUT2D eigenvalue weighted by Crippen LogP contribution is -2.46. The molecule has 1 aromatic heterocycles. The number of likely N-dealkylation sites (tertiary alicyclic amines) is 1. The standard InChI is InChI=1S/C18H20N4O3/c23-17(13-5-3-6-14(8-13)21-11-19-10-20-21)22-15-7-2-1-4-12(15)9-16(22)18(24)25/h3,5-6,8,10-12,15-16H,1-2,4,7,9H2,(H,24,25). The van der Waals surface area contributed by atoms with E-state index in [1.165, 1.54) is 6.33 Å². The molecule has 0 radical (unpaired) electrons. The fourth-order valence-electron chi connectivity index (χ4n) is 4.24. The Labute approximate surface area is 145 Å². The lowest BCUT2D eigenvalue weighted by molar-refractivity contribution is -0.141. The number of carboxylic acid groups (broad SMARTS) is 1. The number of hydrogen-bond acceptors (Lipinski definition) is 4. The first kappa shape index (κ1) is 15.8. The van der Waals surface area contributed by atoms with E-state index in [1.54, 1.807) is 34.1 Å². The Morgan fingerprint density at radius 2 is 2.04 bits per heavy atom. The summed E-state index contributed by atoms with van der Waals surface area (Å²) in [6.45, 7) is 0. The molecule has 7 nitrogen and oxygen atoms in total. The number of carbonyl (C=O) groups is 2. The number of fused-ring (bicyclic) bond motifs is 1. The molecule has 1 aliphatic carbocycles. The molecule has 3 unspecified atom stereocenters. The Balaban J connectivity index is 1.67. The van der Waals surface area contributed by atoms with E-state index in [-0.39, 0.29) is 11.9 Å². The number of nitrogens with zero attached hydrogens (tertiary/aromatic N) is 4. The van der Waals surface area contributed by atoms with Crippen LogP contribution in [0.1, 0.15) is 42.5 Å². The molecular formula is C18H20N4O3. The van der Waals surface area contributed by atoms with Crippen LogP contribution in [-0.4, -0.2) is 48.7 Å². The summed E-state index contributed by atoms with van der Waals surface area (Å²) in [5, 5.41) is 13.7. The number of hydrogen-bond donors (Lipinski definition) is 1. The van der Waals surface area contributed by atoms with Gasteiger partial charge >= 0.3 is 5.97 Å². The van der Waals surface area contributed by atoms with E-state index in [1.807, 2.05) is 6.07 Å². The smallest absolute Gasteiger partial charge is 0.326 e. The van der Waals surface area contributed by atoms with Gasteiger partial charge in [-0.2, -0.15) is 5.10 Å². The van der Waals surface area contributed by atoms with E-state index >= 15 is 0 Å². The van der Waals surface area contributed by atoms with Crippen LogP contribution in [0.25, 0.3) is 5.69 Å². The second-order valence-corrected chi connectivity index (χ2v) is 6.80. The molecule has 4 rings (SSSR count). The molecule has 1 saturated carbocycles. The van der Waals surface area contributed by atoms with Crippen LogP contribution in [0.3, 0.4) is 0 Å². The quantitative estimate of drug-likeness (QED) is 0.924. The van der Waals surface area contributed by atoms with Crippen molar-refractivity contribution in [3.05, 3.63) is 42.5 Å². The van der Waals surface area contributed by atoms with Crippen molar-refractivity contribution in [3.63, 3.8) is 0 Å². The van der Waals surface area contributed by atoms with Gasteiger partial charge in [-0.3, -0.25) is 4.79 Å². The van der Waals surface area contributed by atoms with E-state index in [0.29, 0.717) is 17.9 Å². The molecule has 2 fully saturated rings. The largest absolute Gasteiger partial charge is 0.480 e. The van der Waals surface area contributed by atoms with Gasteiger partial charge in [-0.1, -0.05) is 18.9 Å². The lowest BCUT2D eigenvalue weighted by atomic mass is 9.84. The topological polar surface area (TPSA) is 88.3 Å². The summed E-state index contributed by atoms with van der Waals surface area (Å²) in [5.74, 6) is -0.809. The van der Waals surface area contributed by atoms with Gasteiger partial charge in [0.2, 0.25) is 0 Å². The van der Waals surface area contributed by atoms with Gasteiger partial charge in [-0.05, 0) is 43.4 Å². The van der Waals surface area contributed by atoms with Crippen LogP contribution >= 0.6 is 0 Å². The summed E-state index contributed by atoms with van der Waals surface area (Å²) in [4.78, 5) is 30.4. The number of rotatable bonds is 3. The minimum atomic E-state index is -0.907. The van der Waals surface area contributed by atoms with E-state index < -0.39 is 12.0 Å². The van der Waals surface area contributed by atoms with Crippen LogP contribution in [0.2, 0.25) is 0 Å². The van der Waals surface area contributed by atoms with Crippen molar-refractivity contribution >= 4 is 11.9 Å². The highest BCUT2D eigenvalue weighted by Crippen LogP contribution is 2.40. The summed E-state index contributed by atoms with van der Waals surface area (Å²) < 4.78 is 1.58. The van der Waals surface area contributed by atoms with Crippen LogP contribution < -0.4 is 0 Å². The van der Waals surface area contributed by atoms with Crippen molar-refractivity contribution in [1.82, 2.24) is 19.7 Å². The van der Waals surface area contributed by atoms with Gasteiger partial charge < -0.3 is 10.0 Å². The Morgan fingerprint density at radius 1 is 1.20 bits per heavy atom. The first-order valence-corrected chi connectivity index (χ1v) is 8.65. The van der Waals surface area contributed by atoms with Crippen LogP contribution in [0.15, 0.2) is 36.9 Å². The Hall–Kier alpha value is -2.70. The minimum Gasteiger partial charge on any atom is -0.480 e. The Morgan fingerprint density at radius 3 is 2.80 bits per heavy atom. The van der Waals surface area contributed by atoms with Crippen molar-refractivity contribution in [1.29, 1.82) is 0 Å². The van der Waals surface area contributed by atoms with Crippen LogP contribution in [0.4, 0.5) is 0 Å². The molecule has 1 saturated heterocycles. The molecule has 2 aromatic rings. The van der Waals surface area contributed by atoms with Crippen LogP contribution in [0, 0.1) is 5.92 Å². The molecule has 1 aliphatic heterocycles. The van der Waals surface area contributed by atoms with Gasteiger partial charge in [-0.15, -0.1) is 0 Å². The minimum absolute atomic E-state index is 0.0392. The van der Waals surface area contributed by atoms with Crippen molar-refractivity contribution in [3.8, 4) is 5.69 Å². The van der Waals surface area contributed by atoms with Gasteiger partial charge in [-0.25, -0.2) is 14.5 Å². The summed E-state index contributed by atoms with van der Waals surface area (Å²) >= 11 is 0. The maximum Gasteiger partial charge on any atom is 0.326 e. The second-order valence-electron chi connectivity index (χ2n) is 6.80. The molecule has 130 valence electrons. The first-order chi connectivity index (χ1) is 12.1. The monoisotopic (exact) mass is 340 g/mol. The van der Waals surface area contributed by atoms with E-state index in [0.717, 1.165) is 31.4 Å². The number of aromatic nitrogens is 3. The number of carbonyl (C=O) groups excluding carboxylic acids is 1. The molecule has 1 aromatic carbocycles. The van der Waals surface area contributed by atoms with E-state index in [9.17, 15) is 14.7 Å². The number of benzene rings is 1. The average Bonchev–Trinajstić information content (AvgIpc) is 3.29. The zero-order chi connectivity index (χ0) is 17.4. The molecule has 0 spiro atoms. The second kappa shape index (κ2) is 6.31. The normalized spacial score (nSPS) is 25.6. The zero-order valence-electron chi connectivity index (χ0n) is 13.8. The molecule has 0 bridgehead atoms. The number of carboxylic acids is 1. The van der Waals surface area contributed by atoms with E-state index in [2.05, 4.69) is 10.1 Å². The highest BCUT2D eigenvalue weighted by atomic mass is 16.4. The summed E-state index contributed by atoms with van der Waals surface area (Å²) in [6, 6.07) is 6.42.